The van der Waals surface area contributed by atoms with Crippen LogP contribution in [0.4, 0.5) is 0 Å². The van der Waals surface area contributed by atoms with Gasteiger partial charge in [-0.1, -0.05) is 12.1 Å². The number of hydrogen-bond donors (Lipinski definition) is 1. The molecule has 6 nitrogen and oxygen atoms in total. The Morgan fingerprint density at radius 1 is 1.23 bits per heavy atom. The van der Waals surface area contributed by atoms with Crippen molar-refractivity contribution in [2.45, 2.75) is 25.9 Å². The summed E-state index contributed by atoms with van der Waals surface area (Å²) in [5, 5.41) is 3.78. The van der Waals surface area contributed by atoms with Crippen molar-refractivity contribution in [3.05, 3.63) is 54.1 Å². The number of hydrogen-bond acceptors (Lipinski definition) is 5. The Morgan fingerprint density at radius 3 is 2.90 bits per heavy atom. The number of rotatable bonds is 7. The van der Waals surface area contributed by atoms with Gasteiger partial charge in [0.25, 0.3) is 5.91 Å². The van der Waals surface area contributed by atoms with Crippen LogP contribution in [-0.4, -0.2) is 43.9 Å². The van der Waals surface area contributed by atoms with E-state index in [0.717, 1.165) is 47.4 Å². The fourth-order valence-electron chi connectivity index (χ4n) is 3.66. The maximum Gasteiger partial charge on any atom is 0.251 e. The highest BCUT2D eigenvalue weighted by Gasteiger charge is 2.17. The molecule has 0 bridgehead atoms. The van der Waals surface area contributed by atoms with Crippen LogP contribution < -0.4 is 14.8 Å². The molecule has 1 N–H and O–H groups in total. The van der Waals surface area contributed by atoms with Crippen LogP contribution in [0, 0.1) is 0 Å². The SMILES string of the molecule is CCOc1cc(-c2cccc(OC)c2)nc2ccc(C(=O)NC[C@H]3CCCO3)cc12. The third kappa shape index (κ3) is 4.39. The molecule has 0 radical (unpaired) electrons. The zero-order chi connectivity index (χ0) is 20.9. The molecular formula is C24H26N2O4. The van der Waals surface area contributed by atoms with Crippen molar-refractivity contribution in [2.24, 2.45) is 0 Å². The van der Waals surface area contributed by atoms with Crippen molar-refractivity contribution in [3.8, 4) is 22.8 Å². The summed E-state index contributed by atoms with van der Waals surface area (Å²) in [5.41, 5.74) is 3.09. The lowest BCUT2D eigenvalue weighted by Gasteiger charge is -2.13. The molecule has 6 heteroatoms. The summed E-state index contributed by atoms with van der Waals surface area (Å²) in [7, 11) is 1.64. The largest absolute Gasteiger partial charge is 0.497 e. The van der Waals surface area contributed by atoms with Gasteiger partial charge in [-0.2, -0.15) is 0 Å². The first kappa shape index (κ1) is 20.2. The number of amides is 1. The molecule has 1 fully saturated rings. The summed E-state index contributed by atoms with van der Waals surface area (Å²) in [6, 6.07) is 15.2. The molecule has 0 saturated carbocycles. The summed E-state index contributed by atoms with van der Waals surface area (Å²) in [6.07, 6.45) is 2.15. The Bertz CT molecular complexity index is 1040. The zero-order valence-corrected chi connectivity index (χ0v) is 17.3. The molecule has 30 heavy (non-hydrogen) atoms. The van der Waals surface area contributed by atoms with Gasteiger partial charge in [0.2, 0.25) is 0 Å². The predicted octanol–water partition coefficient (Wildman–Crippen LogP) is 4.22. The van der Waals surface area contributed by atoms with Crippen LogP contribution >= 0.6 is 0 Å². The second-order valence-corrected chi connectivity index (χ2v) is 7.25. The summed E-state index contributed by atoms with van der Waals surface area (Å²) in [4.78, 5) is 17.4. The number of benzene rings is 2. The first-order valence-corrected chi connectivity index (χ1v) is 10.3. The Labute approximate surface area is 176 Å². The first-order chi connectivity index (χ1) is 14.7. The van der Waals surface area contributed by atoms with Crippen LogP contribution in [0.3, 0.4) is 0 Å². The van der Waals surface area contributed by atoms with Gasteiger partial charge in [-0.3, -0.25) is 4.79 Å². The average Bonchev–Trinajstić information content (AvgIpc) is 3.31. The van der Waals surface area contributed by atoms with E-state index in [1.807, 2.05) is 49.4 Å². The van der Waals surface area contributed by atoms with E-state index in [1.54, 1.807) is 13.2 Å². The fraction of sp³-hybridized carbons (Fsp3) is 0.333. The number of carbonyl (C=O) groups excluding carboxylic acids is 1. The highest BCUT2D eigenvalue weighted by atomic mass is 16.5. The van der Waals surface area contributed by atoms with E-state index in [2.05, 4.69) is 5.32 Å². The van der Waals surface area contributed by atoms with E-state index >= 15 is 0 Å². The van der Waals surface area contributed by atoms with Gasteiger partial charge >= 0.3 is 0 Å². The van der Waals surface area contributed by atoms with Crippen molar-refractivity contribution in [3.63, 3.8) is 0 Å². The molecule has 1 amide bonds. The van der Waals surface area contributed by atoms with Crippen LogP contribution in [0.25, 0.3) is 22.2 Å². The molecule has 1 aliphatic rings. The smallest absolute Gasteiger partial charge is 0.251 e. The van der Waals surface area contributed by atoms with Gasteiger partial charge in [-0.25, -0.2) is 4.98 Å². The number of carbonyl (C=O) groups is 1. The number of nitrogens with one attached hydrogen (secondary N) is 1. The normalized spacial score (nSPS) is 15.9. The van der Waals surface area contributed by atoms with E-state index in [-0.39, 0.29) is 12.0 Å². The standard InChI is InChI=1S/C24H26N2O4/c1-3-29-23-14-22(16-6-4-7-18(12-16)28-2)26-21-10-9-17(13-20(21)23)24(27)25-15-19-8-5-11-30-19/h4,6-7,9-10,12-14,19H,3,5,8,11,15H2,1-2H3,(H,25,27)/t19-/m1/s1. The number of ether oxygens (including phenoxy) is 3. The summed E-state index contributed by atoms with van der Waals surface area (Å²) < 4.78 is 16.8. The van der Waals surface area contributed by atoms with Gasteiger partial charge in [-0.05, 0) is 50.1 Å². The number of fused-ring (bicyclic) bond motifs is 1. The Hall–Kier alpha value is -3.12. The lowest BCUT2D eigenvalue weighted by atomic mass is 10.1. The van der Waals surface area contributed by atoms with E-state index in [1.165, 1.54) is 0 Å². The maximum absolute atomic E-state index is 12.6. The third-order valence-corrected chi connectivity index (χ3v) is 5.21. The van der Waals surface area contributed by atoms with Gasteiger partial charge in [0.1, 0.15) is 11.5 Å². The minimum absolute atomic E-state index is 0.112. The van der Waals surface area contributed by atoms with Crippen LogP contribution in [0.15, 0.2) is 48.5 Å². The summed E-state index contributed by atoms with van der Waals surface area (Å²) >= 11 is 0. The number of pyridine rings is 1. The molecule has 2 heterocycles. The molecule has 2 aromatic carbocycles. The lowest BCUT2D eigenvalue weighted by Crippen LogP contribution is -2.31. The van der Waals surface area contributed by atoms with Crippen molar-refractivity contribution in [2.75, 3.05) is 26.9 Å². The van der Waals surface area contributed by atoms with Crippen LogP contribution in [-0.2, 0) is 4.74 Å². The molecule has 0 unspecified atom stereocenters. The molecule has 3 aromatic rings. The monoisotopic (exact) mass is 406 g/mol. The van der Waals surface area contributed by atoms with E-state index in [0.29, 0.717) is 24.5 Å². The molecule has 1 aromatic heterocycles. The second-order valence-electron chi connectivity index (χ2n) is 7.25. The topological polar surface area (TPSA) is 69.7 Å². The number of aromatic nitrogens is 1. The Kier molecular flexibility index (Phi) is 6.14. The van der Waals surface area contributed by atoms with Crippen molar-refractivity contribution in [1.82, 2.24) is 10.3 Å². The minimum Gasteiger partial charge on any atom is -0.497 e. The van der Waals surface area contributed by atoms with E-state index in [4.69, 9.17) is 19.2 Å². The molecule has 156 valence electrons. The zero-order valence-electron chi connectivity index (χ0n) is 17.3. The predicted molar refractivity (Wildman–Crippen MR) is 116 cm³/mol. The van der Waals surface area contributed by atoms with Crippen molar-refractivity contribution >= 4 is 16.8 Å². The molecule has 4 rings (SSSR count). The Balaban J connectivity index is 1.65. The summed E-state index contributed by atoms with van der Waals surface area (Å²) in [5.74, 6) is 1.35. The van der Waals surface area contributed by atoms with Gasteiger partial charge < -0.3 is 19.5 Å². The van der Waals surface area contributed by atoms with Crippen molar-refractivity contribution in [1.29, 1.82) is 0 Å². The number of methoxy groups -OCH3 is 1. The van der Waals surface area contributed by atoms with Crippen molar-refractivity contribution < 1.29 is 19.0 Å². The highest BCUT2D eigenvalue weighted by molar-refractivity contribution is 5.99. The van der Waals surface area contributed by atoms with E-state index in [9.17, 15) is 4.79 Å². The molecule has 0 aliphatic carbocycles. The minimum atomic E-state index is -0.119. The molecule has 1 saturated heterocycles. The third-order valence-electron chi connectivity index (χ3n) is 5.21. The molecule has 1 atom stereocenters. The molecular weight excluding hydrogens is 380 g/mol. The van der Waals surface area contributed by atoms with Crippen LogP contribution in [0.5, 0.6) is 11.5 Å². The molecule has 1 aliphatic heterocycles. The fourth-order valence-corrected chi connectivity index (χ4v) is 3.66. The van der Waals surface area contributed by atoms with E-state index < -0.39 is 0 Å². The van der Waals surface area contributed by atoms with Gasteiger partial charge in [0, 0.05) is 35.7 Å². The lowest BCUT2D eigenvalue weighted by molar-refractivity contribution is 0.0858. The number of nitrogens with zero attached hydrogens (tertiary/aromatic N) is 1. The maximum atomic E-state index is 12.6. The summed E-state index contributed by atoms with van der Waals surface area (Å²) in [6.45, 7) is 3.76. The second kappa shape index (κ2) is 9.13. The van der Waals surface area contributed by atoms with Gasteiger partial charge in [0.05, 0.1) is 31.0 Å². The Morgan fingerprint density at radius 2 is 2.13 bits per heavy atom. The van der Waals surface area contributed by atoms with Crippen LogP contribution in [0.1, 0.15) is 30.1 Å². The van der Waals surface area contributed by atoms with Gasteiger partial charge in [0.15, 0.2) is 0 Å². The molecule has 0 spiro atoms. The van der Waals surface area contributed by atoms with Gasteiger partial charge in [-0.15, -0.1) is 0 Å². The quantitative estimate of drug-likeness (QED) is 0.636. The van der Waals surface area contributed by atoms with Crippen LogP contribution in [0.2, 0.25) is 0 Å². The first-order valence-electron chi connectivity index (χ1n) is 10.3. The average molecular weight is 406 g/mol. The highest BCUT2D eigenvalue weighted by Crippen LogP contribution is 2.32.